The van der Waals surface area contributed by atoms with Crippen molar-refractivity contribution < 1.29 is 24.1 Å². The zero-order chi connectivity index (χ0) is 18.6. The topological polar surface area (TPSA) is 113 Å². The highest BCUT2D eigenvalue weighted by atomic mass is 16.8. The lowest BCUT2D eigenvalue weighted by atomic mass is 10.1. The van der Waals surface area contributed by atoms with Crippen LogP contribution in [0.3, 0.4) is 0 Å². The Balaban J connectivity index is 1.48. The smallest absolute Gasteiger partial charge is 0.167 e. The van der Waals surface area contributed by atoms with E-state index in [9.17, 15) is 5.11 Å². The Morgan fingerprint density at radius 1 is 1.26 bits per heavy atom. The number of nitrogens with one attached hydrogen (secondary N) is 1. The standard InChI is InChI=1S/C17H23N5O5/c1-17(2)26-12-10(5-23)25-16(13(12)27-17)22-8-20-11-14(18-7-19-15(11)22)21-9-3-4-24-6-9/h7-10,12-13,16,23H,3-6H2,1-2H3,(H,18,19,21)/t9-,10-,12-,13-,16-/m1/s1. The highest BCUT2D eigenvalue weighted by Gasteiger charge is 2.56. The summed E-state index contributed by atoms with van der Waals surface area (Å²) in [5.41, 5.74) is 1.30. The predicted octanol–water partition coefficient (Wildman–Crippen LogP) is 0.437. The van der Waals surface area contributed by atoms with Crippen molar-refractivity contribution >= 4 is 17.0 Å². The van der Waals surface area contributed by atoms with Gasteiger partial charge in [-0.3, -0.25) is 4.57 Å². The summed E-state index contributed by atoms with van der Waals surface area (Å²) in [5.74, 6) is -0.0582. The molecule has 0 unspecified atom stereocenters. The van der Waals surface area contributed by atoms with Crippen LogP contribution in [-0.2, 0) is 18.9 Å². The van der Waals surface area contributed by atoms with Gasteiger partial charge in [-0.15, -0.1) is 0 Å². The summed E-state index contributed by atoms with van der Waals surface area (Å²) < 4.78 is 25.2. The van der Waals surface area contributed by atoms with Gasteiger partial charge in [-0.1, -0.05) is 0 Å². The quantitative estimate of drug-likeness (QED) is 0.783. The van der Waals surface area contributed by atoms with E-state index in [2.05, 4.69) is 20.3 Å². The average Bonchev–Trinajstić information content (AvgIpc) is 3.38. The van der Waals surface area contributed by atoms with E-state index >= 15 is 0 Å². The fourth-order valence-electron chi connectivity index (χ4n) is 4.02. The first kappa shape index (κ1) is 17.3. The lowest BCUT2D eigenvalue weighted by Gasteiger charge is -2.24. The Morgan fingerprint density at radius 2 is 2.11 bits per heavy atom. The molecule has 146 valence electrons. The van der Waals surface area contributed by atoms with Gasteiger partial charge < -0.3 is 29.4 Å². The predicted molar refractivity (Wildman–Crippen MR) is 93.0 cm³/mol. The molecule has 0 bridgehead atoms. The van der Waals surface area contributed by atoms with Gasteiger partial charge in [-0.25, -0.2) is 15.0 Å². The first-order chi connectivity index (χ1) is 13.1. The molecule has 10 heteroatoms. The number of aromatic nitrogens is 4. The van der Waals surface area contributed by atoms with Gasteiger partial charge >= 0.3 is 0 Å². The van der Waals surface area contributed by atoms with Crippen molar-refractivity contribution in [1.29, 1.82) is 0 Å². The molecular formula is C17H23N5O5. The molecule has 2 N–H and O–H groups in total. The van der Waals surface area contributed by atoms with Gasteiger partial charge in [0.15, 0.2) is 29.0 Å². The van der Waals surface area contributed by atoms with E-state index in [1.807, 2.05) is 18.4 Å². The molecule has 3 aliphatic rings. The zero-order valence-corrected chi connectivity index (χ0v) is 15.2. The van der Waals surface area contributed by atoms with Crippen LogP contribution >= 0.6 is 0 Å². The molecule has 5 atom stereocenters. The molecular weight excluding hydrogens is 354 g/mol. The maximum atomic E-state index is 9.68. The Labute approximate surface area is 155 Å². The highest BCUT2D eigenvalue weighted by molar-refractivity contribution is 5.82. The van der Waals surface area contributed by atoms with Gasteiger partial charge in [0.25, 0.3) is 0 Å². The van der Waals surface area contributed by atoms with E-state index < -0.39 is 18.1 Å². The van der Waals surface area contributed by atoms with Gasteiger partial charge in [-0.2, -0.15) is 0 Å². The van der Waals surface area contributed by atoms with Crippen molar-refractivity contribution in [3.8, 4) is 0 Å². The Hall–Kier alpha value is -1.85. The molecule has 0 aromatic carbocycles. The van der Waals surface area contributed by atoms with Crippen molar-refractivity contribution in [3.05, 3.63) is 12.7 Å². The molecule has 0 radical (unpaired) electrons. The molecule has 3 aliphatic heterocycles. The monoisotopic (exact) mass is 377 g/mol. The first-order valence-corrected chi connectivity index (χ1v) is 9.19. The molecule has 0 amide bonds. The van der Waals surface area contributed by atoms with Crippen LogP contribution in [0.15, 0.2) is 12.7 Å². The molecule has 2 aromatic heterocycles. The van der Waals surface area contributed by atoms with Crippen molar-refractivity contribution in [1.82, 2.24) is 19.5 Å². The number of fused-ring (bicyclic) bond motifs is 2. The normalized spacial score (nSPS) is 35.0. The van der Waals surface area contributed by atoms with Crippen LogP contribution in [-0.4, -0.2) is 74.6 Å². The third-order valence-corrected chi connectivity index (χ3v) is 5.21. The van der Waals surface area contributed by atoms with Crippen LogP contribution in [0.4, 0.5) is 5.82 Å². The van der Waals surface area contributed by atoms with Gasteiger partial charge in [0, 0.05) is 6.61 Å². The Morgan fingerprint density at radius 3 is 2.89 bits per heavy atom. The summed E-state index contributed by atoms with van der Waals surface area (Å²) in [5, 5.41) is 13.1. The van der Waals surface area contributed by atoms with Crippen LogP contribution in [0.1, 0.15) is 26.5 Å². The SMILES string of the molecule is CC1(C)O[C@@H]2[C@H](O1)[C@@H](CO)O[C@H]2n1cnc2c(N[C@@H]3CCOC3)ncnc21. The largest absolute Gasteiger partial charge is 0.394 e. The molecule has 0 saturated carbocycles. The number of hydrogen-bond donors (Lipinski definition) is 2. The van der Waals surface area contributed by atoms with Gasteiger partial charge in [-0.05, 0) is 20.3 Å². The average molecular weight is 377 g/mol. The van der Waals surface area contributed by atoms with Crippen LogP contribution in [0.5, 0.6) is 0 Å². The molecule has 0 spiro atoms. The van der Waals surface area contributed by atoms with Crippen LogP contribution in [0, 0.1) is 0 Å². The van der Waals surface area contributed by atoms with Gasteiger partial charge in [0.2, 0.25) is 0 Å². The van der Waals surface area contributed by atoms with E-state index in [1.165, 1.54) is 6.33 Å². The Bertz CT molecular complexity index is 836. The van der Waals surface area contributed by atoms with Crippen LogP contribution < -0.4 is 5.32 Å². The molecule has 5 heterocycles. The second-order valence-corrected chi connectivity index (χ2v) is 7.56. The molecule has 3 saturated heterocycles. The maximum absolute atomic E-state index is 9.68. The lowest BCUT2D eigenvalue weighted by Crippen LogP contribution is -2.31. The van der Waals surface area contributed by atoms with E-state index in [0.717, 1.165) is 13.0 Å². The van der Waals surface area contributed by atoms with Crippen molar-refractivity contribution in [2.24, 2.45) is 0 Å². The van der Waals surface area contributed by atoms with Crippen LogP contribution in [0.25, 0.3) is 11.2 Å². The van der Waals surface area contributed by atoms with Crippen LogP contribution in [0.2, 0.25) is 0 Å². The van der Waals surface area contributed by atoms with Gasteiger partial charge in [0.1, 0.15) is 24.6 Å². The summed E-state index contributed by atoms with van der Waals surface area (Å²) in [7, 11) is 0. The fourth-order valence-corrected chi connectivity index (χ4v) is 4.02. The molecule has 5 rings (SSSR count). The van der Waals surface area contributed by atoms with Crippen molar-refractivity contribution in [2.45, 2.75) is 56.6 Å². The Kier molecular flexibility index (Phi) is 4.06. The highest BCUT2D eigenvalue weighted by Crippen LogP contribution is 2.43. The molecule has 10 nitrogen and oxygen atoms in total. The second-order valence-electron chi connectivity index (χ2n) is 7.56. The number of anilines is 1. The lowest BCUT2D eigenvalue weighted by molar-refractivity contribution is -0.199. The van der Waals surface area contributed by atoms with Crippen molar-refractivity contribution in [3.63, 3.8) is 0 Å². The number of aliphatic hydroxyl groups excluding tert-OH is 1. The zero-order valence-electron chi connectivity index (χ0n) is 15.2. The summed E-state index contributed by atoms with van der Waals surface area (Å²) in [4.78, 5) is 13.2. The third kappa shape index (κ3) is 2.88. The summed E-state index contributed by atoms with van der Waals surface area (Å²) in [6.45, 7) is 4.97. The summed E-state index contributed by atoms with van der Waals surface area (Å²) in [6.07, 6.45) is 2.45. The molecule has 0 aliphatic carbocycles. The first-order valence-electron chi connectivity index (χ1n) is 9.19. The van der Waals surface area contributed by atoms with Gasteiger partial charge in [0.05, 0.1) is 25.6 Å². The number of rotatable bonds is 4. The molecule has 27 heavy (non-hydrogen) atoms. The number of imidazole rings is 1. The molecule has 3 fully saturated rings. The minimum atomic E-state index is -0.731. The van der Waals surface area contributed by atoms with E-state index in [1.54, 1.807) is 6.33 Å². The number of ether oxygens (including phenoxy) is 4. The number of aliphatic hydroxyl groups is 1. The number of nitrogens with zero attached hydrogens (tertiary/aromatic N) is 4. The fraction of sp³-hybridized carbons (Fsp3) is 0.706. The summed E-state index contributed by atoms with van der Waals surface area (Å²) >= 11 is 0. The van der Waals surface area contributed by atoms with E-state index in [0.29, 0.717) is 23.6 Å². The minimum Gasteiger partial charge on any atom is -0.394 e. The number of hydrogen-bond acceptors (Lipinski definition) is 9. The molecule has 2 aromatic rings. The summed E-state index contributed by atoms with van der Waals surface area (Å²) in [6, 6.07) is 0.214. The third-order valence-electron chi connectivity index (χ3n) is 5.21. The second kappa shape index (κ2) is 6.35. The van der Waals surface area contributed by atoms with Crippen molar-refractivity contribution in [2.75, 3.05) is 25.1 Å². The van der Waals surface area contributed by atoms with E-state index in [-0.39, 0.29) is 24.9 Å². The maximum Gasteiger partial charge on any atom is 0.167 e. The minimum absolute atomic E-state index is 0.146. The van der Waals surface area contributed by atoms with E-state index in [4.69, 9.17) is 18.9 Å².